The first kappa shape index (κ1) is 15.7. The van der Waals surface area contributed by atoms with Gasteiger partial charge in [0.05, 0.1) is 5.75 Å². The van der Waals surface area contributed by atoms with Crippen LogP contribution in [0.25, 0.3) is 0 Å². The summed E-state index contributed by atoms with van der Waals surface area (Å²) in [6.07, 6.45) is 0. The van der Waals surface area contributed by atoms with Crippen molar-refractivity contribution in [3.63, 3.8) is 0 Å². The van der Waals surface area contributed by atoms with Gasteiger partial charge in [-0.25, -0.2) is 18.4 Å². The molecule has 0 aliphatic rings. The van der Waals surface area contributed by atoms with Crippen LogP contribution in [0, 0.1) is 0 Å². The van der Waals surface area contributed by atoms with E-state index in [2.05, 4.69) is 15.3 Å². The molecule has 0 radical (unpaired) electrons. The van der Waals surface area contributed by atoms with E-state index < -0.39 is 9.84 Å². The van der Waals surface area contributed by atoms with Gasteiger partial charge in [0.2, 0.25) is 0 Å². The maximum atomic E-state index is 11.4. The molecular formula is C12H22N4O2S. The van der Waals surface area contributed by atoms with E-state index in [0.29, 0.717) is 24.0 Å². The van der Waals surface area contributed by atoms with Crippen molar-refractivity contribution >= 4 is 21.5 Å². The van der Waals surface area contributed by atoms with Gasteiger partial charge in [-0.1, -0.05) is 27.7 Å². The Balaban J connectivity index is 2.77. The highest BCUT2D eigenvalue weighted by molar-refractivity contribution is 7.91. The molecule has 3 N–H and O–H groups in total. The lowest BCUT2D eigenvalue weighted by Crippen LogP contribution is -2.21. The van der Waals surface area contributed by atoms with Crippen LogP contribution < -0.4 is 11.1 Å². The van der Waals surface area contributed by atoms with Crippen LogP contribution in [0.3, 0.4) is 0 Å². The highest BCUT2D eigenvalue weighted by Gasteiger charge is 2.18. The number of sulfone groups is 1. The van der Waals surface area contributed by atoms with Crippen molar-refractivity contribution in [3.05, 3.63) is 11.9 Å². The lowest BCUT2D eigenvalue weighted by atomic mass is 9.96. The Morgan fingerprint density at radius 2 is 1.95 bits per heavy atom. The first-order chi connectivity index (χ1) is 8.64. The molecule has 0 saturated heterocycles. The number of rotatable bonds is 5. The number of anilines is 2. The fourth-order valence-electron chi connectivity index (χ4n) is 1.37. The zero-order valence-corrected chi connectivity index (χ0v) is 12.7. The normalized spacial score (nSPS) is 12.4. The molecule has 108 valence electrons. The quantitative estimate of drug-likeness (QED) is 0.844. The molecule has 19 heavy (non-hydrogen) atoms. The van der Waals surface area contributed by atoms with Gasteiger partial charge in [0.25, 0.3) is 0 Å². The minimum atomic E-state index is -2.98. The molecule has 1 heterocycles. The summed E-state index contributed by atoms with van der Waals surface area (Å²) >= 11 is 0. The lowest BCUT2D eigenvalue weighted by molar-refractivity contribution is 0.547. The smallest absolute Gasteiger partial charge is 0.151 e. The average molecular weight is 286 g/mol. The number of aromatic nitrogens is 2. The number of nitrogens with one attached hydrogen (secondary N) is 1. The number of nitrogens with two attached hydrogens (primary N) is 1. The summed E-state index contributed by atoms with van der Waals surface area (Å²) in [6.45, 7) is 7.93. The third kappa shape index (κ3) is 5.02. The van der Waals surface area contributed by atoms with Gasteiger partial charge in [0.15, 0.2) is 9.84 Å². The molecule has 0 spiro atoms. The molecule has 1 aromatic rings. The Bertz CT molecular complexity index is 535. The number of nitrogen functional groups attached to an aromatic ring is 1. The molecule has 0 fully saturated rings. The predicted octanol–water partition coefficient (Wildman–Crippen LogP) is 1.20. The molecule has 0 aromatic carbocycles. The van der Waals surface area contributed by atoms with Crippen molar-refractivity contribution in [1.29, 1.82) is 0 Å². The third-order valence-electron chi connectivity index (χ3n) is 2.58. The summed E-state index contributed by atoms with van der Waals surface area (Å²) in [5.74, 6) is 1.80. The molecule has 0 unspecified atom stereocenters. The SMILES string of the molecule is CCS(=O)(=O)CCNc1cc(N)nc(C(C)(C)C)n1. The molecule has 0 aliphatic carbocycles. The zero-order valence-electron chi connectivity index (χ0n) is 11.9. The van der Waals surface area contributed by atoms with E-state index in [9.17, 15) is 8.42 Å². The number of hydrogen-bond donors (Lipinski definition) is 2. The Morgan fingerprint density at radius 3 is 2.47 bits per heavy atom. The van der Waals surface area contributed by atoms with Crippen LogP contribution in [0.15, 0.2) is 6.07 Å². The fourth-order valence-corrected chi connectivity index (χ4v) is 2.07. The molecule has 0 saturated carbocycles. The van der Waals surface area contributed by atoms with Gasteiger partial charge < -0.3 is 11.1 Å². The maximum absolute atomic E-state index is 11.4. The summed E-state index contributed by atoms with van der Waals surface area (Å²) in [5.41, 5.74) is 5.52. The van der Waals surface area contributed by atoms with Gasteiger partial charge >= 0.3 is 0 Å². The van der Waals surface area contributed by atoms with E-state index in [1.165, 1.54) is 0 Å². The van der Waals surface area contributed by atoms with Crippen LogP contribution in [0.5, 0.6) is 0 Å². The van der Waals surface area contributed by atoms with Crippen molar-refractivity contribution in [2.75, 3.05) is 29.1 Å². The first-order valence-corrected chi connectivity index (χ1v) is 8.05. The van der Waals surface area contributed by atoms with Gasteiger partial charge in [-0.05, 0) is 0 Å². The van der Waals surface area contributed by atoms with Gasteiger partial charge in [-0.15, -0.1) is 0 Å². The Hall–Kier alpha value is -1.37. The second kappa shape index (κ2) is 5.73. The van der Waals surface area contributed by atoms with Crippen molar-refractivity contribution < 1.29 is 8.42 Å². The van der Waals surface area contributed by atoms with E-state index in [1.54, 1.807) is 13.0 Å². The largest absolute Gasteiger partial charge is 0.384 e. The van der Waals surface area contributed by atoms with Crippen molar-refractivity contribution in [2.24, 2.45) is 0 Å². The minimum absolute atomic E-state index is 0.0816. The standard InChI is InChI=1S/C12H22N4O2S/c1-5-19(17,18)7-6-14-10-8-9(13)15-11(16-10)12(2,3)4/h8H,5-7H2,1-4H3,(H3,13,14,15,16). The van der Waals surface area contributed by atoms with Gasteiger partial charge in [-0.3, -0.25) is 0 Å². The molecular weight excluding hydrogens is 264 g/mol. The maximum Gasteiger partial charge on any atom is 0.151 e. The molecule has 7 heteroatoms. The van der Waals surface area contributed by atoms with Crippen LogP contribution in [0.2, 0.25) is 0 Å². The van der Waals surface area contributed by atoms with Crippen molar-refractivity contribution in [3.8, 4) is 0 Å². The predicted molar refractivity (Wildman–Crippen MR) is 78.0 cm³/mol. The second-order valence-corrected chi connectivity index (χ2v) is 7.89. The summed E-state index contributed by atoms with van der Waals surface area (Å²) in [7, 11) is -2.98. The summed E-state index contributed by atoms with van der Waals surface area (Å²) in [5, 5.41) is 2.98. The topological polar surface area (TPSA) is 98.0 Å². The molecule has 0 amide bonds. The average Bonchev–Trinajstić information content (AvgIpc) is 2.27. The molecule has 1 aromatic heterocycles. The second-order valence-electron chi connectivity index (χ2n) is 5.41. The highest BCUT2D eigenvalue weighted by Crippen LogP contribution is 2.21. The van der Waals surface area contributed by atoms with Gasteiger partial charge in [0.1, 0.15) is 17.5 Å². The van der Waals surface area contributed by atoms with E-state index in [-0.39, 0.29) is 16.9 Å². The van der Waals surface area contributed by atoms with Gasteiger partial charge in [-0.2, -0.15) is 0 Å². The van der Waals surface area contributed by atoms with Crippen LogP contribution >= 0.6 is 0 Å². The highest BCUT2D eigenvalue weighted by atomic mass is 32.2. The molecule has 0 atom stereocenters. The van der Waals surface area contributed by atoms with Crippen LogP contribution in [0.4, 0.5) is 11.6 Å². The Kier molecular flexibility index (Phi) is 4.73. The fraction of sp³-hybridized carbons (Fsp3) is 0.667. The lowest BCUT2D eigenvalue weighted by Gasteiger charge is -2.18. The molecule has 6 nitrogen and oxygen atoms in total. The minimum Gasteiger partial charge on any atom is -0.384 e. The first-order valence-electron chi connectivity index (χ1n) is 6.23. The number of nitrogens with zero attached hydrogens (tertiary/aromatic N) is 2. The Labute approximate surface area is 114 Å². The van der Waals surface area contributed by atoms with Crippen LogP contribution in [-0.2, 0) is 15.3 Å². The monoisotopic (exact) mass is 286 g/mol. The summed E-state index contributed by atoms with van der Waals surface area (Å²) < 4.78 is 22.8. The van der Waals surface area contributed by atoms with E-state index in [4.69, 9.17) is 5.73 Å². The molecule has 1 rings (SSSR count). The number of hydrogen-bond acceptors (Lipinski definition) is 6. The van der Waals surface area contributed by atoms with Crippen molar-refractivity contribution in [2.45, 2.75) is 33.1 Å². The third-order valence-corrected chi connectivity index (χ3v) is 4.28. The Morgan fingerprint density at radius 1 is 1.32 bits per heavy atom. The summed E-state index contributed by atoms with van der Waals surface area (Å²) in [6, 6.07) is 1.60. The van der Waals surface area contributed by atoms with Gasteiger partial charge in [0, 0.05) is 23.8 Å². The molecule has 0 aliphatic heterocycles. The van der Waals surface area contributed by atoms with Crippen molar-refractivity contribution in [1.82, 2.24) is 9.97 Å². The van der Waals surface area contributed by atoms with E-state index in [0.717, 1.165) is 0 Å². The molecule has 0 bridgehead atoms. The van der Waals surface area contributed by atoms with Crippen LogP contribution in [0.1, 0.15) is 33.5 Å². The zero-order chi connectivity index (χ0) is 14.7. The van der Waals surface area contributed by atoms with E-state index >= 15 is 0 Å². The van der Waals surface area contributed by atoms with Crippen LogP contribution in [-0.4, -0.2) is 36.4 Å². The summed E-state index contributed by atoms with van der Waals surface area (Å²) in [4.78, 5) is 8.54. The van der Waals surface area contributed by atoms with E-state index in [1.807, 2.05) is 20.8 Å².